The fourth-order valence-corrected chi connectivity index (χ4v) is 3.69. The predicted molar refractivity (Wildman–Crippen MR) is 123 cm³/mol. The summed E-state index contributed by atoms with van der Waals surface area (Å²) in [6, 6.07) is 12.0. The first-order valence-corrected chi connectivity index (χ1v) is 10.9. The van der Waals surface area contributed by atoms with E-state index in [1.54, 1.807) is 18.2 Å². The summed E-state index contributed by atoms with van der Waals surface area (Å²) < 4.78 is 7.79. The van der Waals surface area contributed by atoms with Gasteiger partial charge in [0.25, 0.3) is 0 Å². The molecule has 2 N–H and O–H groups in total. The molecule has 3 rings (SSSR count). The molecule has 1 amide bonds. The number of allylic oxidation sites excluding steroid dienone is 1. The summed E-state index contributed by atoms with van der Waals surface area (Å²) in [6.45, 7) is 8.53. The van der Waals surface area contributed by atoms with Gasteiger partial charge in [-0.05, 0) is 49.2 Å². The minimum atomic E-state index is -1.05. The Morgan fingerprint density at radius 2 is 2.00 bits per heavy atom. The summed E-state index contributed by atoms with van der Waals surface area (Å²) in [5.41, 5.74) is 2.74. The molecule has 2 aromatic carbocycles. The molecule has 0 aliphatic carbocycles. The molecule has 0 aliphatic heterocycles. The van der Waals surface area contributed by atoms with Crippen LogP contribution in [0.2, 0.25) is 0 Å². The molecule has 32 heavy (non-hydrogen) atoms. The smallest absolute Gasteiger partial charge is 0.335 e. The van der Waals surface area contributed by atoms with Crippen LogP contribution < -0.4 is 10.1 Å². The third-order valence-corrected chi connectivity index (χ3v) is 5.71. The van der Waals surface area contributed by atoms with Gasteiger partial charge in [0.1, 0.15) is 12.4 Å². The van der Waals surface area contributed by atoms with Crippen molar-refractivity contribution in [3.05, 3.63) is 77.6 Å². The maximum Gasteiger partial charge on any atom is 0.335 e. The first-order valence-electron chi connectivity index (χ1n) is 9.87. The van der Waals surface area contributed by atoms with Crippen LogP contribution in [-0.2, 0) is 17.9 Å². The number of nitrogens with zero attached hydrogens (tertiary/aromatic N) is 3. The van der Waals surface area contributed by atoms with Crippen LogP contribution in [0.3, 0.4) is 0 Å². The maximum atomic E-state index is 12.3. The van der Waals surface area contributed by atoms with Crippen LogP contribution in [0.4, 0.5) is 5.69 Å². The van der Waals surface area contributed by atoms with E-state index in [-0.39, 0.29) is 23.8 Å². The number of benzene rings is 2. The van der Waals surface area contributed by atoms with Crippen molar-refractivity contribution in [1.29, 1.82) is 0 Å². The van der Waals surface area contributed by atoms with Gasteiger partial charge in [0, 0.05) is 12.2 Å². The standard InChI is InChI=1S/C23H24N4O4S/c1-4-11-27-20(13-31-19-10-5-7-15(2)16(19)3)25-26-23(27)32-14-21(28)24-18-9-6-8-17(12-18)22(29)30/h4-10,12H,1,11,13-14H2,2-3H3,(H,24,28)(H,29,30). The fraction of sp³-hybridized carbons (Fsp3) is 0.217. The lowest BCUT2D eigenvalue weighted by Crippen LogP contribution is -2.15. The predicted octanol–water partition coefficient (Wildman–Crippen LogP) is 4.09. The van der Waals surface area contributed by atoms with Crippen molar-refractivity contribution >= 4 is 29.3 Å². The summed E-state index contributed by atoms with van der Waals surface area (Å²) in [4.78, 5) is 23.4. The number of aromatic nitrogens is 3. The number of carbonyl (C=O) groups is 2. The quantitative estimate of drug-likeness (QED) is 0.352. The van der Waals surface area contributed by atoms with Crippen LogP contribution in [-0.4, -0.2) is 37.5 Å². The highest BCUT2D eigenvalue weighted by Gasteiger charge is 2.15. The van der Waals surface area contributed by atoms with E-state index in [0.717, 1.165) is 16.9 Å². The Kier molecular flexibility index (Phi) is 7.67. The van der Waals surface area contributed by atoms with Gasteiger partial charge in [-0.3, -0.25) is 9.36 Å². The number of ether oxygens (including phenoxy) is 1. The van der Waals surface area contributed by atoms with Gasteiger partial charge in [0.05, 0.1) is 11.3 Å². The van der Waals surface area contributed by atoms with E-state index in [1.807, 2.05) is 36.6 Å². The van der Waals surface area contributed by atoms with Crippen LogP contribution in [0.1, 0.15) is 27.3 Å². The Hall–Kier alpha value is -3.59. The molecule has 0 aliphatic rings. The molecule has 0 fully saturated rings. The highest BCUT2D eigenvalue weighted by atomic mass is 32.2. The number of carbonyl (C=O) groups excluding carboxylic acids is 1. The van der Waals surface area contributed by atoms with Crippen LogP contribution in [0.5, 0.6) is 5.75 Å². The van der Waals surface area contributed by atoms with Crippen molar-refractivity contribution in [2.75, 3.05) is 11.1 Å². The Labute approximate surface area is 190 Å². The zero-order chi connectivity index (χ0) is 23.1. The Morgan fingerprint density at radius 1 is 1.22 bits per heavy atom. The summed E-state index contributed by atoms with van der Waals surface area (Å²) in [5.74, 6) is 0.172. The lowest BCUT2D eigenvalue weighted by molar-refractivity contribution is -0.113. The highest BCUT2D eigenvalue weighted by Crippen LogP contribution is 2.23. The molecule has 0 radical (unpaired) electrons. The molecule has 8 nitrogen and oxygen atoms in total. The first kappa shape index (κ1) is 23.1. The first-order chi connectivity index (χ1) is 15.4. The second kappa shape index (κ2) is 10.6. The zero-order valence-electron chi connectivity index (χ0n) is 17.9. The third kappa shape index (κ3) is 5.76. The topological polar surface area (TPSA) is 106 Å². The number of nitrogens with one attached hydrogen (secondary N) is 1. The average molecular weight is 453 g/mol. The van der Waals surface area contributed by atoms with Crippen molar-refractivity contribution < 1.29 is 19.4 Å². The van der Waals surface area contributed by atoms with E-state index in [0.29, 0.717) is 23.2 Å². The largest absolute Gasteiger partial charge is 0.485 e. The van der Waals surface area contributed by atoms with Gasteiger partial charge in [0.2, 0.25) is 5.91 Å². The monoisotopic (exact) mass is 452 g/mol. The van der Waals surface area contributed by atoms with Crippen molar-refractivity contribution in [1.82, 2.24) is 14.8 Å². The summed E-state index contributed by atoms with van der Waals surface area (Å²) in [7, 11) is 0. The number of aryl methyl sites for hydroxylation is 1. The van der Waals surface area contributed by atoms with Crippen molar-refractivity contribution in [3.63, 3.8) is 0 Å². The molecule has 0 saturated heterocycles. The van der Waals surface area contributed by atoms with Gasteiger partial charge >= 0.3 is 5.97 Å². The van der Waals surface area contributed by atoms with Gasteiger partial charge in [0.15, 0.2) is 11.0 Å². The van der Waals surface area contributed by atoms with Crippen LogP contribution in [0.25, 0.3) is 0 Å². The number of anilines is 1. The molecule has 3 aromatic rings. The minimum absolute atomic E-state index is 0.0877. The molecule has 0 bridgehead atoms. The molecule has 0 unspecified atom stereocenters. The van der Waals surface area contributed by atoms with E-state index in [2.05, 4.69) is 22.1 Å². The van der Waals surface area contributed by atoms with Gasteiger partial charge in [-0.2, -0.15) is 0 Å². The number of amides is 1. The van der Waals surface area contributed by atoms with Crippen LogP contribution >= 0.6 is 11.8 Å². The van der Waals surface area contributed by atoms with Gasteiger partial charge in [-0.15, -0.1) is 16.8 Å². The molecule has 9 heteroatoms. The Morgan fingerprint density at radius 3 is 2.75 bits per heavy atom. The number of carboxylic acids is 1. The lowest BCUT2D eigenvalue weighted by Gasteiger charge is -2.12. The molecule has 166 valence electrons. The Bertz CT molecular complexity index is 1140. The number of hydrogen-bond donors (Lipinski definition) is 2. The molecule has 1 aromatic heterocycles. The minimum Gasteiger partial charge on any atom is -0.485 e. The number of hydrogen-bond acceptors (Lipinski definition) is 6. The van der Waals surface area contributed by atoms with Gasteiger partial charge < -0.3 is 15.2 Å². The van der Waals surface area contributed by atoms with Crippen molar-refractivity contribution in [2.45, 2.75) is 32.2 Å². The lowest BCUT2D eigenvalue weighted by atomic mass is 10.1. The molecule has 0 spiro atoms. The average Bonchev–Trinajstić information content (AvgIpc) is 3.15. The van der Waals surface area contributed by atoms with E-state index < -0.39 is 5.97 Å². The van der Waals surface area contributed by atoms with Crippen molar-refractivity contribution in [2.24, 2.45) is 0 Å². The fourth-order valence-electron chi connectivity index (χ4n) is 2.92. The maximum absolute atomic E-state index is 12.3. The Balaban J connectivity index is 1.64. The molecule has 0 saturated carbocycles. The molecular formula is C23H24N4O4S. The van der Waals surface area contributed by atoms with Gasteiger partial charge in [-0.1, -0.05) is 36.0 Å². The third-order valence-electron chi connectivity index (χ3n) is 4.74. The van der Waals surface area contributed by atoms with Crippen molar-refractivity contribution in [3.8, 4) is 5.75 Å². The second-order valence-electron chi connectivity index (χ2n) is 7.01. The van der Waals surface area contributed by atoms with E-state index >= 15 is 0 Å². The number of thioether (sulfide) groups is 1. The zero-order valence-corrected chi connectivity index (χ0v) is 18.7. The van der Waals surface area contributed by atoms with Crippen LogP contribution in [0, 0.1) is 13.8 Å². The van der Waals surface area contributed by atoms with Crippen LogP contribution in [0.15, 0.2) is 60.3 Å². The normalized spacial score (nSPS) is 10.6. The highest BCUT2D eigenvalue weighted by molar-refractivity contribution is 7.99. The van der Waals surface area contributed by atoms with E-state index in [9.17, 15) is 9.59 Å². The summed E-state index contributed by atoms with van der Waals surface area (Å²) >= 11 is 1.23. The summed E-state index contributed by atoms with van der Waals surface area (Å²) in [5, 5.41) is 20.7. The SMILES string of the molecule is C=CCn1c(COc2cccc(C)c2C)nnc1SCC(=O)Nc1cccc(C(=O)O)c1. The van der Waals surface area contributed by atoms with Gasteiger partial charge in [-0.25, -0.2) is 4.79 Å². The molecular weight excluding hydrogens is 428 g/mol. The van der Waals surface area contributed by atoms with E-state index in [4.69, 9.17) is 9.84 Å². The number of rotatable bonds is 10. The summed E-state index contributed by atoms with van der Waals surface area (Å²) in [6.07, 6.45) is 1.73. The molecule has 0 atom stereocenters. The molecule has 1 heterocycles. The van der Waals surface area contributed by atoms with E-state index in [1.165, 1.54) is 23.9 Å². The number of carboxylic acid groups (broad SMARTS) is 1. The number of aromatic carboxylic acids is 1. The second-order valence-corrected chi connectivity index (χ2v) is 7.95.